The average Bonchev–Trinajstić information content (AvgIpc) is 2.96. The van der Waals surface area contributed by atoms with E-state index in [2.05, 4.69) is 22.4 Å². The third-order valence-electron chi connectivity index (χ3n) is 5.90. The highest BCUT2D eigenvalue weighted by molar-refractivity contribution is 7.99. The van der Waals surface area contributed by atoms with Crippen molar-refractivity contribution < 1.29 is 9.59 Å². The minimum absolute atomic E-state index is 0.0682. The molecular weight excluding hydrogens is 374 g/mol. The topological polar surface area (TPSA) is 80.1 Å². The van der Waals surface area contributed by atoms with Gasteiger partial charge in [-0.2, -0.15) is 0 Å². The maximum Gasteiger partial charge on any atom is 0.230 e. The number of nitrogens with one attached hydrogen (secondary N) is 1. The second kappa shape index (κ2) is 10.3. The third kappa shape index (κ3) is 5.49. The molecule has 0 bridgehead atoms. The summed E-state index contributed by atoms with van der Waals surface area (Å²) >= 11 is 1.43. The smallest absolute Gasteiger partial charge is 0.230 e. The molecule has 1 aliphatic heterocycles. The van der Waals surface area contributed by atoms with Gasteiger partial charge in [-0.05, 0) is 38.5 Å². The molecule has 0 aromatic carbocycles. The molecule has 7 nitrogen and oxygen atoms in total. The van der Waals surface area contributed by atoms with E-state index in [9.17, 15) is 9.59 Å². The molecule has 0 radical (unpaired) electrons. The molecule has 8 heteroatoms. The molecule has 2 atom stereocenters. The lowest BCUT2D eigenvalue weighted by Crippen LogP contribution is -2.41. The molecule has 0 spiro atoms. The van der Waals surface area contributed by atoms with Gasteiger partial charge in [0.2, 0.25) is 11.8 Å². The van der Waals surface area contributed by atoms with E-state index in [4.69, 9.17) is 0 Å². The van der Waals surface area contributed by atoms with Crippen LogP contribution >= 0.6 is 11.8 Å². The van der Waals surface area contributed by atoms with E-state index >= 15 is 0 Å². The lowest BCUT2D eigenvalue weighted by Gasteiger charge is -2.29. The quantitative estimate of drug-likeness (QED) is 0.703. The number of carbonyl (C=O) groups is 2. The van der Waals surface area contributed by atoms with Crippen LogP contribution in [-0.2, 0) is 22.7 Å². The molecule has 1 saturated carbocycles. The maximum absolute atomic E-state index is 12.4. The third-order valence-corrected chi connectivity index (χ3v) is 6.87. The molecule has 1 saturated heterocycles. The Bertz CT molecular complexity index is 678. The predicted molar refractivity (Wildman–Crippen MR) is 110 cm³/mol. The van der Waals surface area contributed by atoms with Gasteiger partial charge < -0.3 is 14.8 Å². The van der Waals surface area contributed by atoms with Crippen molar-refractivity contribution in [2.75, 3.05) is 12.3 Å². The van der Waals surface area contributed by atoms with Crippen LogP contribution in [0.15, 0.2) is 5.16 Å². The van der Waals surface area contributed by atoms with E-state index in [-0.39, 0.29) is 11.8 Å². The minimum atomic E-state index is 0.0682. The van der Waals surface area contributed by atoms with Gasteiger partial charge >= 0.3 is 0 Å². The van der Waals surface area contributed by atoms with E-state index in [1.165, 1.54) is 31.0 Å². The molecule has 2 aliphatic rings. The molecule has 1 aliphatic carbocycles. The SMILES string of the molecule is CCn1c(CN2CCCCCC2=O)nnc1SCC(=O)N[C@@H]1CCCC[C@H]1C. The van der Waals surface area contributed by atoms with E-state index < -0.39 is 0 Å². The molecule has 2 heterocycles. The standard InChI is InChI=1S/C20H33N5O2S/c1-3-25-17(13-24-12-8-4-5-11-19(24)27)22-23-20(25)28-14-18(26)21-16-10-7-6-9-15(16)2/h15-16H,3-14H2,1-2H3,(H,21,26)/t15-,16-/m1/s1. The second-order valence-electron chi connectivity index (χ2n) is 7.99. The summed E-state index contributed by atoms with van der Waals surface area (Å²) in [5.74, 6) is 1.99. The summed E-state index contributed by atoms with van der Waals surface area (Å²) in [7, 11) is 0. The van der Waals surface area contributed by atoms with E-state index in [0.717, 1.165) is 49.8 Å². The lowest BCUT2D eigenvalue weighted by atomic mass is 9.86. The number of thioether (sulfide) groups is 1. The van der Waals surface area contributed by atoms with Gasteiger partial charge in [0.1, 0.15) is 0 Å². The zero-order valence-electron chi connectivity index (χ0n) is 17.2. The van der Waals surface area contributed by atoms with Crippen molar-refractivity contribution in [2.45, 2.75) is 89.5 Å². The summed E-state index contributed by atoms with van der Waals surface area (Å²) in [6.45, 7) is 6.30. The Morgan fingerprint density at radius 1 is 1.18 bits per heavy atom. The minimum Gasteiger partial charge on any atom is -0.352 e. The number of hydrogen-bond acceptors (Lipinski definition) is 5. The van der Waals surface area contributed by atoms with Gasteiger partial charge in [0.15, 0.2) is 11.0 Å². The Hall–Kier alpha value is -1.57. The van der Waals surface area contributed by atoms with Crippen LogP contribution in [0.1, 0.15) is 71.0 Å². The lowest BCUT2D eigenvalue weighted by molar-refractivity contribution is -0.131. The van der Waals surface area contributed by atoms with Crippen LogP contribution in [0.25, 0.3) is 0 Å². The summed E-state index contributed by atoms with van der Waals surface area (Å²) in [6.07, 6.45) is 8.51. The Morgan fingerprint density at radius 2 is 2.00 bits per heavy atom. The van der Waals surface area contributed by atoms with Gasteiger partial charge in [-0.1, -0.05) is 37.9 Å². The van der Waals surface area contributed by atoms with Crippen molar-refractivity contribution in [1.29, 1.82) is 0 Å². The van der Waals surface area contributed by atoms with Gasteiger partial charge in [-0.3, -0.25) is 9.59 Å². The fourth-order valence-electron chi connectivity index (χ4n) is 4.15. The Morgan fingerprint density at radius 3 is 2.79 bits per heavy atom. The Labute approximate surface area is 172 Å². The number of aromatic nitrogens is 3. The molecule has 2 amide bonds. The van der Waals surface area contributed by atoms with Gasteiger partial charge in [-0.15, -0.1) is 10.2 Å². The summed E-state index contributed by atoms with van der Waals surface area (Å²) in [6, 6.07) is 0.301. The molecular formula is C20H33N5O2S. The van der Waals surface area contributed by atoms with Crippen LogP contribution < -0.4 is 5.32 Å². The first kappa shape index (κ1) is 21.1. The highest BCUT2D eigenvalue weighted by Crippen LogP contribution is 2.24. The zero-order chi connectivity index (χ0) is 19.9. The van der Waals surface area contributed by atoms with Crippen LogP contribution in [0.2, 0.25) is 0 Å². The van der Waals surface area contributed by atoms with E-state index in [1.54, 1.807) is 0 Å². The van der Waals surface area contributed by atoms with Gasteiger partial charge in [0, 0.05) is 25.6 Å². The van der Waals surface area contributed by atoms with Crippen LogP contribution in [0, 0.1) is 5.92 Å². The molecule has 1 aromatic heterocycles. The average molecular weight is 408 g/mol. The van der Waals surface area contributed by atoms with Crippen molar-refractivity contribution in [3.8, 4) is 0 Å². The van der Waals surface area contributed by atoms with Crippen LogP contribution in [0.5, 0.6) is 0 Å². The summed E-state index contributed by atoms with van der Waals surface area (Å²) < 4.78 is 2.03. The summed E-state index contributed by atoms with van der Waals surface area (Å²) in [5, 5.41) is 12.6. The van der Waals surface area contributed by atoms with Crippen molar-refractivity contribution in [3.63, 3.8) is 0 Å². The van der Waals surface area contributed by atoms with E-state index in [1.807, 2.05) is 16.4 Å². The van der Waals surface area contributed by atoms with Crippen LogP contribution in [0.3, 0.4) is 0 Å². The molecule has 1 aromatic rings. The molecule has 2 fully saturated rings. The van der Waals surface area contributed by atoms with Crippen molar-refractivity contribution in [2.24, 2.45) is 5.92 Å². The monoisotopic (exact) mass is 407 g/mol. The molecule has 0 unspecified atom stereocenters. The number of carbonyl (C=O) groups excluding carboxylic acids is 2. The largest absolute Gasteiger partial charge is 0.352 e. The Balaban J connectivity index is 1.55. The zero-order valence-corrected chi connectivity index (χ0v) is 18.0. The summed E-state index contributed by atoms with van der Waals surface area (Å²) in [5.41, 5.74) is 0. The number of hydrogen-bond donors (Lipinski definition) is 1. The van der Waals surface area contributed by atoms with Crippen molar-refractivity contribution in [1.82, 2.24) is 25.0 Å². The normalized spacial score (nSPS) is 23.5. The van der Waals surface area contributed by atoms with Crippen molar-refractivity contribution >= 4 is 23.6 Å². The fraction of sp³-hybridized carbons (Fsp3) is 0.800. The molecule has 3 rings (SSSR count). The first-order chi connectivity index (χ1) is 13.6. The number of rotatable bonds is 7. The van der Waals surface area contributed by atoms with Crippen LogP contribution in [0.4, 0.5) is 0 Å². The van der Waals surface area contributed by atoms with Gasteiger partial charge in [-0.25, -0.2) is 0 Å². The molecule has 1 N–H and O–H groups in total. The maximum atomic E-state index is 12.4. The van der Waals surface area contributed by atoms with Crippen molar-refractivity contribution in [3.05, 3.63) is 5.82 Å². The first-order valence-corrected chi connectivity index (χ1v) is 11.7. The number of likely N-dealkylation sites (tertiary alicyclic amines) is 1. The van der Waals surface area contributed by atoms with Gasteiger partial charge in [0.25, 0.3) is 0 Å². The first-order valence-electron chi connectivity index (χ1n) is 10.7. The highest BCUT2D eigenvalue weighted by Gasteiger charge is 2.24. The summed E-state index contributed by atoms with van der Waals surface area (Å²) in [4.78, 5) is 26.6. The molecule has 156 valence electrons. The highest BCUT2D eigenvalue weighted by atomic mass is 32.2. The molecule has 28 heavy (non-hydrogen) atoms. The van der Waals surface area contributed by atoms with Crippen LogP contribution in [-0.4, -0.2) is 49.8 Å². The Kier molecular flexibility index (Phi) is 7.76. The van der Waals surface area contributed by atoms with Gasteiger partial charge in [0.05, 0.1) is 12.3 Å². The second-order valence-corrected chi connectivity index (χ2v) is 8.94. The number of nitrogens with zero attached hydrogens (tertiary/aromatic N) is 4. The van der Waals surface area contributed by atoms with E-state index in [0.29, 0.717) is 30.7 Å². The predicted octanol–water partition coefficient (Wildman–Crippen LogP) is 2.99. The fourth-order valence-corrected chi connectivity index (χ4v) is 4.98. The number of amides is 2.